The molecule has 0 bridgehead atoms. The van der Waals surface area contributed by atoms with Crippen molar-refractivity contribution in [3.63, 3.8) is 0 Å². The zero-order valence-corrected chi connectivity index (χ0v) is 22.6. The van der Waals surface area contributed by atoms with E-state index in [0.717, 1.165) is 61.6 Å². The van der Waals surface area contributed by atoms with E-state index in [1.54, 1.807) is 0 Å². The Balaban J connectivity index is 1.70. The van der Waals surface area contributed by atoms with Crippen molar-refractivity contribution in [1.29, 1.82) is 0 Å². The molecule has 3 aromatic rings. The molecular weight excluding hydrogens is 452 g/mol. The number of carbonyl (C=O) groups excluding carboxylic acids is 1. The van der Waals surface area contributed by atoms with Gasteiger partial charge in [0.15, 0.2) is 5.78 Å². The highest BCUT2D eigenvalue weighted by Gasteiger charge is 2.29. The van der Waals surface area contributed by atoms with Gasteiger partial charge in [0.1, 0.15) is 23.3 Å². The highest BCUT2D eigenvalue weighted by molar-refractivity contribution is 5.96. The second kappa shape index (κ2) is 9.87. The largest absolute Gasteiger partial charge is 0.507 e. The van der Waals surface area contributed by atoms with Gasteiger partial charge in [-0.3, -0.25) is 15.4 Å². The van der Waals surface area contributed by atoms with Crippen molar-refractivity contribution in [3.05, 3.63) is 53.1 Å². The van der Waals surface area contributed by atoms with Crippen LogP contribution in [0.25, 0.3) is 11.0 Å². The fourth-order valence-corrected chi connectivity index (χ4v) is 4.95. The maximum Gasteiger partial charge on any atom is 0.356 e. The molecule has 1 saturated heterocycles. The molecule has 2 aromatic carbocycles. The van der Waals surface area contributed by atoms with Crippen LogP contribution in [0.2, 0.25) is 0 Å². The Labute approximate surface area is 214 Å². The molecule has 194 valence electrons. The number of imidazole rings is 1. The van der Waals surface area contributed by atoms with E-state index in [-0.39, 0.29) is 28.9 Å². The number of hydrogen-bond acceptors (Lipinski definition) is 5. The van der Waals surface area contributed by atoms with Gasteiger partial charge in [-0.1, -0.05) is 53.7 Å². The Morgan fingerprint density at radius 2 is 1.58 bits per heavy atom. The number of aromatic nitrogens is 2. The number of rotatable bonds is 6. The van der Waals surface area contributed by atoms with Gasteiger partial charge >= 0.3 is 5.95 Å². The minimum atomic E-state index is -0.304. The number of fused-ring (bicyclic) bond motifs is 1. The van der Waals surface area contributed by atoms with Gasteiger partial charge in [0.2, 0.25) is 0 Å². The highest BCUT2D eigenvalue weighted by Crippen LogP contribution is 2.40. The van der Waals surface area contributed by atoms with Crippen molar-refractivity contribution in [2.45, 2.75) is 65.5 Å². The molecule has 7 nitrogen and oxygen atoms in total. The average molecular weight is 494 g/mol. The van der Waals surface area contributed by atoms with Crippen molar-refractivity contribution in [1.82, 2.24) is 9.47 Å². The summed E-state index contributed by atoms with van der Waals surface area (Å²) >= 11 is 0. The van der Waals surface area contributed by atoms with Crippen LogP contribution in [0.4, 0.5) is 5.95 Å². The normalized spacial score (nSPS) is 15.5. The quantitative estimate of drug-likeness (QED) is 0.400. The molecule has 0 amide bonds. The number of morpholine rings is 1. The second-order valence-corrected chi connectivity index (χ2v) is 11.9. The van der Waals surface area contributed by atoms with Crippen LogP contribution in [0.1, 0.15) is 63.0 Å². The van der Waals surface area contributed by atoms with Gasteiger partial charge in [-0.25, -0.2) is 9.13 Å². The van der Waals surface area contributed by atoms with Crippen LogP contribution >= 0.6 is 0 Å². The van der Waals surface area contributed by atoms with E-state index in [4.69, 9.17) is 10.5 Å². The molecule has 0 atom stereocenters. The van der Waals surface area contributed by atoms with Gasteiger partial charge in [-0.15, -0.1) is 0 Å². The predicted molar refractivity (Wildman–Crippen MR) is 144 cm³/mol. The molecule has 3 N–H and O–H groups in total. The van der Waals surface area contributed by atoms with Crippen LogP contribution in [0.5, 0.6) is 5.75 Å². The van der Waals surface area contributed by atoms with E-state index in [9.17, 15) is 9.90 Å². The van der Waals surface area contributed by atoms with Gasteiger partial charge in [-0.2, -0.15) is 0 Å². The summed E-state index contributed by atoms with van der Waals surface area (Å²) in [5, 5.41) is 11.1. The summed E-state index contributed by atoms with van der Waals surface area (Å²) in [4.78, 5) is 16.1. The number of ketones is 1. The number of carbonyl (C=O) groups is 1. The van der Waals surface area contributed by atoms with Gasteiger partial charge < -0.3 is 9.84 Å². The van der Waals surface area contributed by atoms with Crippen LogP contribution in [0.3, 0.4) is 0 Å². The summed E-state index contributed by atoms with van der Waals surface area (Å²) in [6.45, 7) is 17.4. The first-order valence-corrected chi connectivity index (χ1v) is 12.9. The first kappa shape index (κ1) is 26.2. The number of phenolic OH excluding ortho intramolecular Hbond substituents is 1. The second-order valence-electron chi connectivity index (χ2n) is 11.9. The zero-order valence-electron chi connectivity index (χ0n) is 22.6. The first-order valence-electron chi connectivity index (χ1n) is 12.9. The minimum Gasteiger partial charge on any atom is -0.507 e. The number of anilines is 1. The van der Waals surface area contributed by atoms with E-state index in [0.29, 0.717) is 11.5 Å². The number of Topliss-reactive ketones (excluding diaryl/α,β-unsaturated/α-hetero) is 1. The van der Waals surface area contributed by atoms with Crippen molar-refractivity contribution in [3.8, 4) is 5.75 Å². The molecule has 1 aliphatic rings. The predicted octanol–water partition coefficient (Wildman–Crippen LogP) is 4.03. The Morgan fingerprint density at radius 1 is 1.00 bits per heavy atom. The highest BCUT2D eigenvalue weighted by atomic mass is 16.5. The Hall–Kier alpha value is -2.90. The Bertz CT molecular complexity index is 1220. The first-order chi connectivity index (χ1) is 16.9. The molecule has 0 unspecified atom stereocenters. The molecule has 2 heterocycles. The molecule has 1 fully saturated rings. The molecule has 0 aliphatic carbocycles. The Kier molecular flexibility index (Phi) is 7.17. The topological polar surface area (TPSA) is 84.6 Å². The van der Waals surface area contributed by atoms with Crippen molar-refractivity contribution in [2.24, 2.45) is 0 Å². The SMILES string of the molecule is CC(C)(C)c1cc(C(=O)C[n+]2c(N)n(CCN3CCOCC3)c3ccccc32)cc(C(C)(C)C)c1O. The summed E-state index contributed by atoms with van der Waals surface area (Å²) in [5.41, 5.74) is 10.2. The number of nitrogens with zero attached hydrogens (tertiary/aromatic N) is 3. The lowest BCUT2D eigenvalue weighted by molar-refractivity contribution is -0.642. The maximum absolute atomic E-state index is 13.7. The van der Waals surface area contributed by atoms with E-state index >= 15 is 0 Å². The number of hydrogen-bond donors (Lipinski definition) is 2. The standard InChI is InChI=1S/C29H40N4O3/c1-28(2,3)21-17-20(18-22(26(21)35)29(4,5)6)25(34)19-33-24-10-8-7-9-23(24)32(27(33)30)12-11-31-13-15-36-16-14-31/h7-10,17-18,30H,11-16,19H2,1-6H3,(H,34,35)/p+1. The number of nitrogens with two attached hydrogens (primary N) is 1. The van der Waals surface area contributed by atoms with E-state index < -0.39 is 0 Å². The zero-order chi connectivity index (χ0) is 26.3. The lowest BCUT2D eigenvalue weighted by Gasteiger charge is -2.28. The lowest BCUT2D eigenvalue weighted by atomic mass is 9.78. The number of ether oxygens (including phenoxy) is 1. The van der Waals surface area contributed by atoms with Gasteiger partial charge in [0.05, 0.1) is 19.8 Å². The third kappa shape index (κ3) is 5.27. The van der Waals surface area contributed by atoms with Gasteiger partial charge in [-0.05, 0) is 35.1 Å². The minimum absolute atomic E-state index is 0.0289. The molecule has 7 heteroatoms. The van der Waals surface area contributed by atoms with Crippen molar-refractivity contribution < 1.29 is 19.2 Å². The number of nitrogen functional groups attached to an aromatic ring is 1. The average Bonchev–Trinajstić information content (AvgIpc) is 3.07. The van der Waals surface area contributed by atoms with Crippen LogP contribution in [0, 0.1) is 0 Å². The maximum atomic E-state index is 13.7. The lowest BCUT2D eigenvalue weighted by Crippen LogP contribution is -2.41. The van der Waals surface area contributed by atoms with E-state index in [1.807, 2.05) is 34.9 Å². The third-order valence-electron chi connectivity index (χ3n) is 7.11. The van der Waals surface area contributed by atoms with Crippen LogP contribution in [-0.4, -0.2) is 53.2 Å². The summed E-state index contributed by atoms with van der Waals surface area (Å²) < 4.78 is 9.49. The monoisotopic (exact) mass is 493 g/mol. The number of phenols is 1. The molecule has 4 rings (SSSR count). The summed E-state index contributed by atoms with van der Waals surface area (Å²) in [6, 6.07) is 11.8. The van der Waals surface area contributed by atoms with Crippen molar-refractivity contribution >= 4 is 22.8 Å². The molecule has 1 aromatic heterocycles. The summed E-state index contributed by atoms with van der Waals surface area (Å²) in [6.07, 6.45) is 0. The van der Waals surface area contributed by atoms with Crippen LogP contribution in [0.15, 0.2) is 36.4 Å². The summed E-state index contributed by atoms with van der Waals surface area (Å²) in [5.74, 6) is 0.820. The third-order valence-corrected chi connectivity index (χ3v) is 7.11. The van der Waals surface area contributed by atoms with Gasteiger partial charge in [0, 0.05) is 36.3 Å². The van der Waals surface area contributed by atoms with E-state index in [1.165, 1.54) is 0 Å². The van der Waals surface area contributed by atoms with Crippen LogP contribution in [-0.2, 0) is 28.7 Å². The molecule has 0 spiro atoms. The van der Waals surface area contributed by atoms with Gasteiger partial charge in [0.25, 0.3) is 0 Å². The fourth-order valence-electron chi connectivity index (χ4n) is 4.95. The molecule has 0 saturated carbocycles. The Morgan fingerprint density at radius 3 is 2.17 bits per heavy atom. The van der Waals surface area contributed by atoms with Crippen molar-refractivity contribution in [2.75, 3.05) is 38.6 Å². The number of para-hydroxylation sites is 2. The molecular formula is C29H41N4O3+. The number of aromatic hydroxyl groups is 1. The van der Waals surface area contributed by atoms with Crippen LogP contribution < -0.4 is 10.3 Å². The number of benzene rings is 2. The fraction of sp³-hybridized carbons (Fsp3) is 0.517. The smallest absolute Gasteiger partial charge is 0.356 e. The molecule has 36 heavy (non-hydrogen) atoms. The molecule has 1 aliphatic heterocycles. The molecule has 0 radical (unpaired) electrons. The van der Waals surface area contributed by atoms with E-state index in [2.05, 4.69) is 57.1 Å². The summed E-state index contributed by atoms with van der Waals surface area (Å²) in [7, 11) is 0.